The van der Waals surface area contributed by atoms with Crippen molar-refractivity contribution in [1.29, 1.82) is 5.41 Å². The SMILES string of the molecule is CC1(C)Oc2cc(Nc3ncc(C(=O)ONC(=N)C4CC4)c(N[C@H](CO)c4ccccc4)n3)ccc2C1=O. The Labute approximate surface area is 219 Å². The number of aromatic nitrogens is 2. The third-order valence-corrected chi connectivity index (χ3v) is 6.34. The molecule has 11 nitrogen and oxygen atoms in total. The number of hydrogen-bond acceptors (Lipinski definition) is 10. The van der Waals surface area contributed by atoms with Gasteiger partial charge >= 0.3 is 5.97 Å². The van der Waals surface area contributed by atoms with Gasteiger partial charge in [-0.25, -0.2) is 15.3 Å². The molecule has 0 saturated heterocycles. The maximum atomic E-state index is 12.9. The second-order valence-electron chi connectivity index (χ2n) is 9.70. The van der Waals surface area contributed by atoms with Gasteiger partial charge < -0.3 is 25.3 Å². The molecule has 0 bridgehead atoms. The molecule has 0 amide bonds. The number of aliphatic hydroxyl groups is 1. The number of hydrogen-bond donors (Lipinski definition) is 5. The van der Waals surface area contributed by atoms with Gasteiger partial charge in [0.15, 0.2) is 5.60 Å². The third kappa shape index (κ3) is 5.28. The second kappa shape index (κ2) is 10.1. The van der Waals surface area contributed by atoms with Crippen LogP contribution in [0.2, 0.25) is 0 Å². The molecule has 1 saturated carbocycles. The van der Waals surface area contributed by atoms with Crippen LogP contribution in [0.25, 0.3) is 0 Å². The molecule has 1 atom stereocenters. The van der Waals surface area contributed by atoms with Crippen LogP contribution in [0.4, 0.5) is 17.5 Å². The summed E-state index contributed by atoms with van der Waals surface area (Å²) in [7, 11) is 0. The van der Waals surface area contributed by atoms with Crippen molar-refractivity contribution in [1.82, 2.24) is 15.4 Å². The van der Waals surface area contributed by atoms with Gasteiger partial charge in [-0.2, -0.15) is 4.98 Å². The van der Waals surface area contributed by atoms with Crippen molar-refractivity contribution in [3.05, 3.63) is 71.4 Å². The van der Waals surface area contributed by atoms with E-state index in [0.717, 1.165) is 18.4 Å². The minimum Gasteiger partial charge on any atom is -0.479 e. The number of carbonyl (C=O) groups excluding carboxylic acids is 2. The number of nitrogens with one attached hydrogen (secondary N) is 4. The predicted molar refractivity (Wildman–Crippen MR) is 140 cm³/mol. The summed E-state index contributed by atoms with van der Waals surface area (Å²) in [6.07, 6.45) is 3.07. The summed E-state index contributed by atoms with van der Waals surface area (Å²) in [5, 5.41) is 24.1. The van der Waals surface area contributed by atoms with E-state index in [2.05, 4.69) is 26.1 Å². The fraction of sp³-hybridized carbons (Fsp3) is 0.296. The monoisotopic (exact) mass is 516 g/mol. The molecule has 5 rings (SSSR count). The molecule has 11 heteroatoms. The first-order chi connectivity index (χ1) is 18.2. The molecule has 3 aromatic rings. The first kappa shape index (κ1) is 25.2. The zero-order valence-electron chi connectivity index (χ0n) is 20.9. The number of fused-ring (bicyclic) bond motifs is 1. The van der Waals surface area contributed by atoms with Gasteiger partial charge in [0.1, 0.15) is 23.0 Å². The molecule has 1 aliphatic carbocycles. The van der Waals surface area contributed by atoms with Crippen LogP contribution in [0.15, 0.2) is 54.7 Å². The van der Waals surface area contributed by atoms with E-state index in [-0.39, 0.29) is 41.5 Å². The van der Waals surface area contributed by atoms with Gasteiger partial charge in [0.2, 0.25) is 11.7 Å². The van der Waals surface area contributed by atoms with Crippen molar-refractivity contribution in [2.45, 2.75) is 38.3 Å². The fourth-order valence-electron chi connectivity index (χ4n) is 4.04. The standard InChI is InChI=1S/C27H28N6O5/c1-27(2)22(35)18-11-10-17(12-21(18)37-27)30-26-29-13-19(25(36)38-33-23(28)16-8-9-16)24(32-26)31-20(14-34)15-6-4-3-5-7-15/h3-7,10-13,16,20,34H,8-9,14H2,1-2H3,(H2,28,33)(H2,29,30,31,32)/t20-/m1/s1. The second-order valence-corrected chi connectivity index (χ2v) is 9.70. The molecular weight excluding hydrogens is 488 g/mol. The van der Waals surface area contributed by atoms with Crippen molar-refractivity contribution in [3.63, 3.8) is 0 Å². The average molecular weight is 517 g/mol. The van der Waals surface area contributed by atoms with Crippen LogP contribution in [0.3, 0.4) is 0 Å². The summed E-state index contributed by atoms with van der Waals surface area (Å²) in [6.45, 7) is 3.17. The van der Waals surface area contributed by atoms with Gasteiger partial charge in [-0.3, -0.25) is 10.2 Å². The van der Waals surface area contributed by atoms with Gasteiger partial charge in [0, 0.05) is 23.9 Å². The minimum atomic E-state index is -0.933. The van der Waals surface area contributed by atoms with Crippen molar-refractivity contribution in [2.24, 2.45) is 5.92 Å². The summed E-state index contributed by atoms with van der Waals surface area (Å²) in [4.78, 5) is 39.2. The zero-order chi connectivity index (χ0) is 26.9. The summed E-state index contributed by atoms with van der Waals surface area (Å²) in [6, 6.07) is 13.8. The van der Waals surface area contributed by atoms with Gasteiger partial charge in [-0.1, -0.05) is 30.3 Å². The molecule has 1 fully saturated rings. The smallest absolute Gasteiger partial charge is 0.368 e. The van der Waals surface area contributed by atoms with E-state index in [1.807, 2.05) is 30.3 Å². The number of ether oxygens (including phenoxy) is 1. The van der Waals surface area contributed by atoms with Crippen molar-refractivity contribution in [2.75, 3.05) is 17.2 Å². The van der Waals surface area contributed by atoms with E-state index in [1.54, 1.807) is 32.0 Å². The van der Waals surface area contributed by atoms with Crippen LogP contribution in [0.5, 0.6) is 5.75 Å². The van der Waals surface area contributed by atoms with Crippen molar-refractivity contribution < 1.29 is 24.3 Å². The molecule has 0 spiro atoms. The van der Waals surface area contributed by atoms with Gasteiger partial charge in [0.25, 0.3) is 0 Å². The summed E-state index contributed by atoms with van der Waals surface area (Å²) < 4.78 is 5.79. The lowest BCUT2D eigenvalue weighted by atomic mass is 10.00. The number of Topliss-reactive ketones (excluding diaryl/α,β-unsaturated/α-hetero) is 1. The predicted octanol–water partition coefficient (Wildman–Crippen LogP) is 3.77. The zero-order valence-corrected chi connectivity index (χ0v) is 20.9. The molecule has 1 aromatic heterocycles. The lowest BCUT2D eigenvalue weighted by Gasteiger charge is -2.19. The number of nitrogens with zero attached hydrogens (tertiary/aromatic N) is 2. The van der Waals surface area contributed by atoms with Gasteiger partial charge in [0.05, 0.1) is 18.2 Å². The Hall–Kier alpha value is -4.51. The molecule has 2 aliphatic rings. The van der Waals surface area contributed by atoms with Crippen LogP contribution in [0.1, 0.15) is 59.0 Å². The Balaban J connectivity index is 1.41. The normalized spacial score (nSPS) is 16.1. The lowest BCUT2D eigenvalue weighted by Crippen LogP contribution is -2.31. The number of ketones is 1. The number of hydroxylamine groups is 1. The van der Waals surface area contributed by atoms with Crippen LogP contribution < -0.4 is 20.9 Å². The van der Waals surface area contributed by atoms with E-state index in [9.17, 15) is 14.7 Å². The number of aliphatic hydroxyl groups excluding tert-OH is 1. The average Bonchev–Trinajstić information content (AvgIpc) is 3.73. The van der Waals surface area contributed by atoms with Gasteiger partial charge in [-0.15, -0.1) is 0 Å². The van der Waals surface area contributed by atoms with Crippen LogP contribution in [-0.2, 0) is 4.84 Å². The maximum absolute atomic E-state index is 12.9. The molecule has 38 heavy (non-hydrogen) atoms. The molecule has 0 unspecified atom stereocenters. The van der Waals surface area contributed by atoms with Crippen molar-refractivity contribution >= 4 is 35.0 Å². The molecular formula is C27H28N6O5. The molecule has 0 radical (unpaired) electrons. The first-order valence-electron chi connectivity index (χ1n) is 12.2. The Morgan fingerprint density at radius 1 is 1.24 bits per heavy atom. The highest BCUT2D eigenvalue weighted by molar-refractivity contribution is 6.07. The first-order valence-corrected chi connectivity index (χ1v) is 12.2. The van der Waals surface area contributed by atoms with Gasteiger partial charge in [-0.05, 0) is 44.4 Å². The number of amidine groups is 1. The van der Waals surface area contributed by atoms with E-state index in [1.165, 1.54) is 6.20 Å². The maximum Gasteiger partial charge on any atom is 0.368 e. The Kier molecular flexibility index (Phi) is 6.68. The molecule has 1 aliphatic heterocycles. The molecule has 196 valence electrons. The van der Waals surface area contributed by atoms with E-state index in [0.29, 0.717) is 17.0 Å². The number of benzene rings is 2. The fourth-order valence-corrected chi connectivity index (χ4v) is 4.04. The summed E-state index contributed by atoms with van der Waals surface area (Å²) in [5.74, 6) is 0.101. The number of carbonyl (C=O) groups is 2. The summed E-state index contributed by atoms with van der Waals surface area (Å²) in [5.41, 5.74) is 3.36. The molecule has 2 heterocycles. The highest BCUT2D eigenvalue weighted by atomic mass is 16.7. The summed E-state index contributed by atoms with van der Waals surface area (Å²) >= 11 is 0. The van der Waals surface area contributed by atoms with Crippen LogP contribution >= 0.6 is 0 Å². The largest absolute Gasteiger partial charge is 0.479 e. The van der Waals surface area contributed by atoms with Crippen LogP contribution in [0, 0.1) is 11.3 Å². The highest BCUT2D eigenvalue weighted by Gasteiger charge is 2.39. The Bertz CT molecular complexity index is 1390. The van der Waals surface area contributed by atoms with Crippen molar-refractivity contribution in [3.8, 4) is 5.75 Å². The number of rotatable bonds is 8. The Morgan fingerprint density at radius 3 is 2.71 bits per heavy atom. The number of anilines is 3. The molecule has 5 N–H and O–H groups in total. The van der Waals surface area contributed by atoms with E-state index >= 15 is 0 Å². The van der Waals surface area contributed by atoms with E-state index < -0.39 is 17.6 Å². The van der Waals surface area contributed by atoms with Crippen LogP contribution in [-0.4, -0.2) is 44.9 Å². The van der Waals surface area contributed by atoms with E-state index in [4.69, 9.17) is 15.0 Å². The quantitative estimate of drug-likeness (QED) is 0.169. The topological polar surface area (TPSA) is 159 Å². The Morgan fingerprint density at radius 2 is 2.00 bits per heavy atom. The lowest BCUT2D eigenvalue weighted by molar-refractivity contribution is 0.0380. The minimum absolute atomic E-state index is 0.0191. The third-order valence-electron chi connectivity index (χ3n) is 6.34. The molecule has 2 aromatic carbocycles. The highest BCUT2D eigenvalue weighted by Crippen LogP contribution is 2.37.